The molecule has 0 atom stereocenters. The Kier molecular flexibility index (Phi) is 2.62. The van der Waals surface area contributed by atoms with Crippen molar-refractivity contribution in [3.8, 4) is 0 Å². The molecule has 0 radical (unpaired) electrons. The number of thiophene rings is 2. The molecule has 0 aromatic carbocycles. The lowest BCUT2D eigenvalue weighted by Crippen LogP contribution is -2.03. The Bertz CT molecular complexity index is 595. The lowest BCUT2D eigenvalue weighted by molar-refractivity contribution is -0.129. The second-order valence-corrected chi connectivity index (χ2v) is 5.26. The van der Waals surface area contributed by atoms with Gasteiger partial charge in [0.25, 0.3) is 0 Å². The predicted octanol–water partition coefficient (Wildman–Crippen LogP) is 3.15. The van der Waals surface area contributed by atoms with Crippen molar-refractivity contribution >= 4 is 40.6 Å². The summed E-state index contributed by atoms with van der Waals surface area (Å²) in [7, 11) is 0. The van der Waals surface area contributed by atoms with Gasteiger partial charge in [0.05, 0.1) is 4.88 Å². The monoisotopic (exact) mass is 261 g/mol. The zero-order chi connectivity index (χ0) is 11.7. The summed E-state index contributed by atoms with van der Waals surface area (Å²) in [5, 5.41) is 3.88. The van der Waals surface area contributed by atoms with Crippen LogP contribution in [0.15, 0.2) is 45.7 Å². The SMILES string of the molecule is O=C1OC(c2cccs2)=N/C1=C/c1cccs1. The first-order chi connectivity index (χ1) is 8.33. The maximum absolute atomic E-state index is 11.6. The third kappa shape index (κ3) is 2.07. The van der Waals surface area contributed by atoms with E-state index in [-0.39, 0.29) is 5.97 Å². The molecule has 5 heteroatoms. The third-order valence-corrected chi connectivity index (χ3v) is 3.85. The van der Waals surface area contributed by atoms with Gasteiger partial charge in [0, 0.05) is 4.88 Å². The summed E-state index contributed by atoms with van der Waals surface area (Å²) >= 11 is 3.06. The summed E-state index contributed by atoms with van der Waals surface area (Å²) in [5.41, 5.74) is 0.357. The molecule has 3 nitrogen and oxygen atoms in total. The van der Waals surface area contributed by atoms with Crippen molar-refractivity contribution in [2.45, 2.75) is 0 Å². The third-order valence-electron chi connectivity index (χ3n) is 2.17. The van der Waals surface area contributed by atoms with Gasteiger partial charge in [-0.2, -0.15) is 0 Å². The zero-order valence-corrected chi connectivity index (χ0v) is 10.3. The minimum Gasteiger partial charge on any atom is -0.401 e. The zero-order valence-electron chi connectivity index (χ0n) is 8.62. The number of cyclic esters (lactones) is 1. The predicted molar refractivity (Wildman–Crippen MR) is 69.2 cm³/mol. The Morgan fingerprint density at radius 3 is 2.71 bits per heavy atom. The van der Waals surface area contributed by atoms with Crippen LogP contribution >= 0.6 is 22.7 Å². The molecule has 2 aromatic heterocycles. The molecule has 0 saturated carbocycles. The fourth-order valence-electron chi connectivity index (χ4n) is 1.42. The number of hydrogen-bond acceptors (Lipinski definition) is 5. The van der Waals surface area contributed by atoms with E-state index in [1.807, 2.05) is 35.0 Å². The molecule has 0 fully saturated rings. The molecule has 0 bridgehead atoms. The summed E-state index contributed by atoms with van der Waals surface area (Å²) in [6.45, 7) is 0. The smallest absolute Gasteiger partial charge is 0.363 e. The number of esters is 1. The number of nitrogens with zero attached hydrogens (tertiary/aromatic N) is 1. The van der Waals surface area contributed by atoms with E-state index in [1.165, 1.54) is 11.3 Å². The van der Waals surface area contributed by atoms with Crippen LogP contribution in [0.2, 0.25) is 0 Å². The molecule has 17 heavy (non-hydrogen) atoms. The van der Waals surface area contributed by atoms with E-state index in [2.05, 4.69) is 4.99 Å². The van der Waals surface area contributed by atoms with Gasteiger partial charge >= 0.3 is 5.97 Å². The molecule has 0 saturated heterocycles. The van der Waals surface area contributed by atoms with Crippen LogP contribution in [0.4, 0.5) is 0 Å². The van der Waals surface area contributed by atoms with Crippen LogP contribution in [0.1, 0.15) is 9.75 Å². The fourth-order valence-corrected chi connectivity index (χ4v) is 2.72. The largest absolute Gasteiger partial charge is 0.401 e. The standard InChI is InChI=1S/C12H7NO2S2/c14-12-9(7-8-3-1-5-16-8)13-11(15-12)10-4-2-6-17-10/h1-7H/b9-7+. The first-order valence-electron chi connectivity index (χ1n) is 4.93. The molecular formula is C12H7NO2S2. The van der Waals surface area contributed by atoms with Gasteiger partial charge in [-0.15, -0.1) is 22.7 Å². The number of carbonyl (C=O) groups is 1. The van der Waals surface area contributed by atoms with E-state index >= 15 is 0 Å². The van der Waals surface area contributed by atoms with Crippen LogP contribution in [-0.4, -0.2) is 11.9 Å². The minimum absolute atomic E-state index is 0.357. The Balaban J connectivity index is 1.95. The van der Waals surface area contributed by atoms with Crippen molar-refractivity contribution in [1.29, 1.82) is 0 Å². The lowest BCUT2D eigenvalue weighted by Gasteiger charge is -1.92. The van der Waals surface area contributed by atoms with E-state index in [9.17, 15) is 4.79 Å². The maximum Gasteiger partial charge on any atom is 0.363 e. The van der Waals surface area contributed by atoms with Gasteiger partial charge in [-0.3, -0.25) is 0 Å². The van der Waals surface area contributed by atoms with Gasteiger partial charge in [0.15, 0.2) is 5.70 Å². The van der Waals surface area contributed by atoms with Crippen LogP contribution in [-0.2, 0) is 9.53 Å². The Morgan fingerprint density at radius 2 is 2.00 bits per heavy atom. The second-order valence-electron chi connectivity index (χ2n) is 3.33. The van der Waals surface area contributed by atoms with Gasteiger partial charge in [-0.1, -0.05) is 12.1 Å². The van der Waals surface area contributed by atoms with Crippen molar-refractivity contribution in [3.05, 3.63) is 50.5 Å². The van der Waals surface area contributed by atoms with E-state index in [0.717, 1.165) is 9.75 Å². The van der Waals surface area contributed by atoms with E-state index in [1.54, 1.807) is 17.4 Å². The van der Waals surface area contributed by atoms with Gasteiger partial charge in [-0.25, -0.2) is 9.79 Å². The molecule has 0 aliphatic carbocycles. The summed E-state index contributed by atoms with van der Waals surface area (Å²) in [6, 6.07) is 7.65. The molecule has 0 N–H and O–H groups in total. The summed E-state index contributed by atoms with van der Waals surface area (Å²) < 4.78 is 5.12. The molecule has 0 unspecified atom stereocenters. The Morgan fingerprint density at radius 1 is 1.18 bits per heavy atom. The second kappa shape index (κ2) is 4.27. The topological polar surface area (TPSA) is 38.7 Å². The van der Waals surface area contributed by atoms with Crippen LogP contribution in [0.25, 0.3) is 6.08 Å². The summed E-state index contributed by atoms with van der Waals surface area (Å²) in [6.07, 6.45) is 1.74. The van der Waals surface area contributed by atoms with Gasteiger partial charge in [-0.05, 0) is 29.0 Å². The number of rotatable bonds is 2. The average Bonchev–Trinajstić information content (AvgIpc) is 3.02. The van der Waals surface area contributed by atoms with E-state index in [0.29, 0.717) is 11.6 Å². The number of hydrogen-bond donors (Lipinski definition) is 0. The van der Waals surface area contributed by atoms with Crippen molar-refractivity contribution in [2.75, 3.05) is 0 Å². The van der Waals surface area contributed by atoms with E-state index < -0.39 is 0 Å². The van der Waals surface area contributed by atoms with Gasteiger partial charge in [0.2, 0.25) is 5.90 Å². The van der Waals surface area contributed by atoms with Crippen molar-refractivity contribution in [3.63, 3.8) is 0 Å². The molecule has 3 heterocycles. The number of aliphatic imine (C=N–C) groups is 1. The minimum atomic E-state index is -0.387. The maximum atomic E-state index is 11.6. The molecule has 2 aromatic rings. The van der Waals surface area contributed by atoms with Crippen LogP contribution in [0.3, 0.4) is 0 Å². The molecular weight excluding hydrogens is 254 g/mol. The van der Waals surface area contributed by atoms with E-state index in [4.69, 9.17) is 4.74 Å². The number of ether oxygens (including phenoxy) is 1. The van der Waals surface area contributed by atoms with Crippen molar-refractivity contribution in [2.24, 2.45) is 4.99 Å². The molecule has 3 rings (SSSR count). The molecule has 1 aliphatic rings. The highest BCUT2D eigenvalue weighted by Gasteiger charge is 2.24. The normalized spacial score (nSPS) is 17.3. The summed E-state index contributed by atoms with van der Waals surface area (Å²) in [4.78, 5) is 17.7. The fraction of sp³-hybridized carbons (Fsp3) is 0. The first kappa shape index (κ1) is 10.4. The highest BCUT2D eigenvalue weighted by molar-refractivity contribution is 7.12. The van der Waals surface area contributed by atoms with Crippen LogP contribution < -0.4 is 0 Å². The quantitative estimate of drug-likeness (QED) is 0.615. The van der Waals surface area contributed by atoms with Gasteiger partial charge in [0.1, 0.15) is 0 Å². The highest BCUT2D eigenvalue weighted by atomic mass is 32.1. The number of carbonyl (C=O) groups excluding carboxylic acids is 1. The summed E-state index contributed by atoms with van der Waals surface area (Å²) in [5.74, 6) is 0.00889. The van der Waals surface area contributed by atoms with Gasteiger partial charge < -0.3 is 4.74 Å². The Hall–Kier alpha value is -1.72. The molecule has 0 amide bonds. The average molecular weight is 261 g/mol. The molecule has 0 spiro atoms. The van der Waals surface area contributed by atoms with Crippen LogP contribution in [0, 0.1) is 0 Å². The highest BCUT2D eigenvalue weighted by Crippen LogP contribution is 2.22. The molecule has 1 aliphatic heterocycles. The van der Waals surface area contributed by atoms with Crippen molar-refractivity contribution < 1.29 is 9.53 Å². The first-order valence-corrected chi connectivity index (χ1v) is 6.69. The van der Waals surface area contributed by atoms with Crippen LogP contribution in [0.5, 0.6) is 0 Å². The lowest BCUT2D eigenvalue weighted by atomic mass is 10.3. The van der Waals surface area contributed by atoms with Crippen molar-refractivity contribution in [1.82, 2.24) is 0 Å². The Labute approximate surface area is 106 Å². The molecule has 84 valence electrons.